The molecule has 0 spiro atoms. The lowest BCUT2D eigenvalue weighted by atomic mass is 10.2. The van der Waals surface area contributed by atoms with E-state index < -0.39 is 24.1 Å². The van der Waals surface area contributed by atoms with Crippen LogP contribution in [0.5, 0.6) is 0 Å². The van der Waals surface area contributed by atoms with Crippen molar-refractivity contribution in [3.8, 4) is 0 Å². The minimum Gasteiger partial charge on any atom is -0.480 e. The van der Waals surface area contributed by atoms with Gasteiger partial charge < -0.3 is 20.7 Å². The average molecular weight is 191 g/mol. The number of nitrogens with two attached hydrogens (primary N) is 1. The second-order valence-electron chi connectivity index (χ2n) is 2.58. The quantitative estimate of drug-likeness (QED) is 0.466. The average Bonchev–Trinajstić information content (AvgIpc) is 2.03. The number of esters is 1. The van der Waals surface area contributed by atoms with Crippen LogP contribution in [-0.2, 0) is 14.3 Å². The third kappa shape index (κ3) is 5.15. The summed E-state index contributed by atoms with van der Waals surface area (Å²) < 4.78 is 4.49. The van der Waals surface area contributed by atoms with Gasteiger partial charge in [0.25, 0.3) is 0 Å². The molecule has 6 nitrogen and oxygen atoms in total. The van der Waals surface area contributed by atoms with Crippen molar-refractivity contribution in [3.63, 3.8) is 0 Å². The maximum absolute atomic E-state index is 10.6. The van der Waals surface area contributed by atoms with Crippen molar-refractivity contribution in [2.24, 2.45) is 5.73 Å². The van der Waals surface area contributed by atoms with Crippen molar-refractivity contribution < 1.29 is 24.5 Å². The zero-order valence-corrected chi connectivity index (χ0v) is 7.27. The first kappa shape index (κ1) is 11.9. The summed E-state index contributed by atoms with van der Waals surface area (Å²) in [7, 11) is 0. The van der Waals surface area contributed by atoms with Crippen LogP contribution < -0.4 is 5.73 Å². The van der Waals surface area contributed by atoms with Gasteiger partial charge in [-0.05, 0) is 6.92 Å². The molecule has 13 heavy (non-hydrogen) atoms. The Hall–Kier alpha value is -1.14. The molecule has 76 valence electrons. The maximum Gasteiger partial charge on any atom is 0.334 e. The molecule has 6 heteroatoms. The van der Waals surface area contributed by atoms with E-state index in [2.05, 4.69) is 4.74 Å². The van der Waals surface area contributed by atoms with Crippen LogP contribution in [0, 0.1) is 0 Å². The van der Waals surface area contributed by atoms with E-state index in [0.29, 0.717) is 0 Å². The topological polar surface area (TPSA) is 110 Å². The zero-order chi connectivity index (χ0) is 10.4. The first-order chi connectivity index (χ1) is 5.95. The van der Waals surface area contributed by atoms with Gasteiger partial charge in [0, 0.05) is 6.42 Å². The van der Waals surface area contributed by atoms with E-state index in [1.807, 2.05) is 0 Å². The Balaban J connectivity index is 3.56. The minimum absolute atomic E-state index is 0.0355. The summed E-state index contributed by atoms with van der Waals surface area (Å²) in [6, 6.07) is -1.04. The van der Waals surface area contributed by atoms with Crippen molar-refractivity contribution in [2.45, 2.75) is 25.5 Å². The summed E-state index contributed by atoms with van der Waals surface area (Å²) in [6.07, 6.45) is -1.16. The summed E-state index contributed by atoms with van der Waals surface area (Å²) in [5.74, 6) is -1.93. The SMILES string of the molecule is CC(O)C(=O)OCC[C@H](N)C(=O)O. The molecule has 0 saturated heterocycles. The summed E-state index contributed by atoms with van der Waals surface area (Å²) >= 11 is 0. The molecular weight excluding hydrogens is 178 g/mol. The van der Waals surface area contributed by atoms with Gasteiger partial charge in [0.15, 0.2) is 0 Å². The largest absolute Gasteiger partial charge is 0.480 e. The summed E-state index contributed by atoms with van der Waals surface area (Å²) in [5, 5.41) is 17.0. The number of carbonyl (C=O) groups excluding carboxylic acids is 1. The smallest absolute Gasteiger partial charge is 0.334 e. The zero-order valence-electron chi connectivity index (χ0n) is 7.27. The lowest BCUT2D eigenvalue weighted by molar-refractivity contribution is -0.153. The van der Waals surface area contributed by atoms with Crippen LogP contribution >= 0.6 is 0 Å². The standard InChI is InChI=1S/C7H13NO5/c1-4(9)7(12)13-3-2-5(8)6(10)11/h4-5,9H,2-3,8H2,1H3,(H,10,11)/t4?,5-/m0/s1. The van der Waals surface area contributed by atoms with E-state index in [0.717, 1.165) is 0 Å². The van der Waals surface area contributed by atoms with Crippen LogP contribution in [0.25, 0.3) is 0 Å². The van der Waals surface area contributed by atoms with Crippen molar-refractivity contribution in [1.29, 1.82) is 0 Å². The molecule has 0 bridgehead atoms. The molecule has 1 unspecified atom stereocenters. The number of hydrogen-bond acceptors (Lipinski definition) is 5. The summed E-state index contributed by atoms with van der Waals surface area (Å²) in [4.78, 5) is 20.8. The molecule has 0 aromatic heterocycles. The van der Waals surface area contributed by atoms with E-state index >= 15 is 0 Å². The Labute approximate surface area is 75.3 Å². The highest BCUT2D eigenvalue weighted by Gasteiger charge is 2.14. The van der Waals surface area contributed by atoms with Crippen molar-refractivity contribution in [3.05, 3.63) is 0 Å². The number of aliphatic hydroxyl groups is 1. The molecule has 2 atom stereocenters. The molecule has 4 N–H and O–H groups in total. The summed E-state index contributed by atoms with van der Waals surface area (Å²) in [6.45, 7) is 1.16. The molecule has 0 aliphatic carbocycles. The second-order valence-corrected chi connectivity index (χ2v) is 2.58. The molecule has 0 aromatic carbocycles. The van der Waals surface area contributed by atoms with Crippen LogP contribution in [0.3, 0.4) is 0 Å². The van der Waals surface area contributed by atoms with Gasteiger partial charge in [-0.25, -0.2) is 4.79 Å². The van der Waals surface area contributed by atoms with Gasteiger partial charge in [-0.2, -0.15) is 0 Å². The number of carboxylic acids is 1. The van der Waals surface area contributed by atoms with E-state index in [9.17, 15) is 9.59 Å². The first-order valence-corrected chi connectivity index (χ1v) is 3.78. The minimum atomic E-state index is -1.19. The molecular formula is C7H13NO5. The van der Waals surface area contributed by atoms with Crippen LogP contribution in [0.4, 0.5) is 0 Å². The predicted molar refractivity (Wildman–Crippen MR) is 42.9 cm³/mol. The fourth-order valence-corrected chi connectivity index (χ4v) is 0.531. The second kappa shape index (κ2) is 5.50. The number of ether oxygens (including phenoxy) is 1. The Morgan fingerprint density at radius 2 is 2.08 bits per heavy atom. The van der Waals surface area contributed by atoms with Crippen molar-refractivity contribution in [1.82, 2.24) is 0 Å². The molecule has 0 aromatic rings. The van der Waals surface area contributed by atoms with E-state index in [-0.39, 0.29) is 13.0 Å². The molecule has 0 fully saturated rings. The predicted octanol–water partition coefficient (Wildman–Crippen LogP) is -1.29. The molecule has 0 aliphatic heterocycles. The Kier molecular flexibility index (Phi) is 5.01. The third-order valence-corrected chi connectivity index (χ3v) is 1.33. The number of carbonyl (C=O) groups is 2. The van der Waals surface area contributed by atoms with Gasteiger partial charge in [-0.3, -0.25) is 4.79 Å². The van der Waals surface area contributed by atoms with Crippen LogP contribution in [0.15, 0.2) is 0 Å². The van der Waals surface area contributed by atoms with Gasteiger partial charge in [0.05, 0.1) is 6.61 Å². The number of hydrogen-bond donors (Lipinski definition) is 3. The Bertz CT molecular complexity index is 191. The normalized spacial score (nSPS) is 14.7. The van der Waals surface area contributed by atoms with Crippen LogP contribution in [0.2, 0.25) is 0 Å². The molecule has 0 rings (SSSR count). The highest BCUT2D eigenvalue weighted by atomic mass is 16.5. The number of aliphatic carboxylic acids is 1. The fourth-order valence-electron chi connectivity index (χ4n) is 0.531. The van der Waals surface area contributed by atoms with Crippen molar-refractivity contribution in [2.75, 3.05) is 6.61 Å². The molecule has 0 amide bonds. The van der Waals surface area contributed by atoms with Crippen LogP contribution in [0.1, 0.15) is 13.3 Å². The Morgan fingerprint density at radius 3 is 2.46 bits per heavy atom. The number of rotatable bonds is 5. The van der Waals surface area contributed by atoms with Crippen LogP contribution in [-0.4, -0.2) is 40.9 Å². The van der Waals surface area contributed by atoms with Gasteiger partial charge in [0.1, 0.15) is 12.1 Å². The monoisotopic (exact) mass is 191 g/mol. The highest BCUT2D eigenvalue weighted by molar-refractivity contribution is 5.74. The van der Waals surface area contributed by atoms with E-state index in [1.165, 1.54) is 6.92 Å². The summed E-state index contributed by atoms with van der Waals surface area (Å²) in [5.41, 5.74) is 5.13. The van der Waals surface area contributed by atoms with Gasteiger partial charge in [0.2, 0.25) is 0 Å². The molecule has 0 saturated carbocycles. The molecule has 0 heterocycles. The first-order valence-electron chi connectivity index (χ1n) is 3.78. The highest BCUT2D eigenvalue weighted by Crippen LogP contribution is 1.92. The van der Waals surface area contributed by atoms with E-state index in [1.54, 1.807) is 0 Å². The van der Waals surface area contributed by atoms with Gasteiger partial charge in [-0.1, -0.05) is 0 Å². The fraction of sp³-hybridized carbons (Fsp3) is 0.714. The number of aliphatic hydroxyl groups excluding tert-OH is 1. The maximum atomic E-state index is 10.6. The molecule has 0 aliphatic rings. The van der Waals surface area contributed by atoms with Gasteiger partial charge in [-0.15, -0.1) is 0 Å². The lowest BCUT2D eigenvalue weighted by Gasteiger charge is -2.08. The molecule has 0 radical (unpaired) electrons. The lowest BCUT2D eigenvalue weighted by Crippen LogP contribution is -2.32. The van der Waals surface area contributed by atoms with Gasteiger partial charge >= 0.3 is 11.9 Å². The third-order valence-electron chi connectivity index (χ3n) is 1.33. The number of carboxylic acid groups (broad SMARTS) is 1. The Morgan fingerprint density at radius 1 is 1.54 bits per heavy atom. The van der Waals surface area contributed by atoms with E-state index in [4.69, 9.17) is 15.9 Å². The van der Waals surface area contributed by atoms with Crippen molar-refractivity contribution >= 4 is 11.9 Å².